The Morgan fingerprint density at radius 2 is 2.21 bits per heavy atom. The Morgan fingerprint density at radius 3 is 3.04 bits per heavy atom. The second-order valence-electron chi connectivity index (χ2n) is 6.39. The number of amides is 1. The molecular formula is C17H23N3O3S. The Labute approximate surface area is 144 Å². The molecule has 2 unspecified atom stereocenters. The van der Waals surface area contributed by atoms with Crippen LogP contribution in [0.2, 0.25) is 0 Å². The van der Waals surface area contributed by atoms with Crippen LogP contribution in [0.1, 0.15) is 38.5 Å². The fourth-order valence-electron chi connectivity index (χ4n) is 3.35. The predicted octanol–water partition coefficient (Wildman–Crippen LogP) is 1.91. The van der Waals surface area contributed by atoms with Crippen LogP contribution in [0.4, 0.5) is 0 Å². The highest BCUT2D eigenvalue weighted by molar-refractivity contribution is 7.16. The summed E-state index contributed by atoms with van der Waals surface area (Å²) in [5, 5.41) is 15.0. The van der Waals surface area contributed by atoms with Crippen molar-refractivity contribution in [2.24, 2.45) is 5.92 Å². The predicted molar refractivity (Wildman–Crippen MR) is 94.1 cm³/mol. The molecule has 0 saturated heterocycles. The first-order valence-corrected chi connectivity index (χ1v) is 9.40. The third kappa shape index (κ3) is 3.84. The average molecular weight is 349 g/mol. The van der Waals surface area contributed by atoms with Crippen LogP contribution in [0.15, 0.2) is 22.6 Å². The third-order valence-corrected chi connectivity index (χ3v) is 5.59. The maximum Gasteiger partial charge on any atom is 0.262 e. The van der Waals surface area contributed by atoms with E-state index in [0.717, 1.165) is 36.9 Å². The number of nitrogens with one attached hydrogen (secondary N) is 1. The lowest BCUT2D eigenvalue weighted by atomic mass is 9.95. The van der Waals surface area contributed by atoms with Crippen molar-refractivity contribution in [3.8, 4) is 0 Å². The van der Waals surface area contributed by atoms with Gasteiger partial charge in [-0.2, -0.15) is 0 Å². The summed E-state index contributed by atoms with van der Waals surface area (Å²) in [7, 11) is 0. The van der Waals surface area contributed by atoms with Crippen LogP contribution in [0, 0.1) is 5.92 Å². The van der Waals surface area contributed by atoms with Gasteiger partial charge in [-0.05, 0) is 24.3 Å². The highest BCUT2D eigenvalue weighted by Gasteiger charge is 2.24. The number of nitrogens with zero attached hydrogens (tertiary/aromatic N) is 2. The molecule has 0 spiro atoms. The van der Waals surface area contributed by atoms with Gasteiger partial charge in [0.05, 0.1) is 11.7 Å². The molecule has 2 heterocycles. The van der Waals surface area contributed by atoms with Crippen molar-refractivity contribution in [1.29, 1.82) is 0 Å². The van der Waals surface area contributed by atoms with E-state index in [1.54, 1.807) is 6.07 Å². The molecular weight excluding hydrogens is 326 g/mol. The van der Waals surface area contributed by atoms with Crippen molar-refractivity contribution in [3.05, 3.63) is 28.1 Å². The molecule has 1 fully saturated rings. The van der Waals surface area contributed by atoms with Gasteiger partial charge in [0.2, 0.25) is 5.91 Å². The first-order chi connectivity index (χ1) is 11.7. The van der Waals surface area contributed by atoms with Crippen molar-refractivity contribution in [3.63, 3.8) is 0 Å². The van der Waals surface area contributed by atoms with E-state index in [1.807, 2.05) is 5.38 Å². The van der Waals surface area contributed by atoms with Gasteiger partial charge >= 0.3 is 0 Å². The van der Waals surface area contributed by atoms with Crippen molar-refractivity contribution < 1.29 is 9.90 Å². The topological polar surface area (TPSA) is 84.2 Å². The number of aliphatic hydroxyl groups is 1. The van der Waals surface area contributed by atoms with Crippen LogP contribution < -0.4 is 10.9 Å². The molecule has 130 valence electrons. The lowest BCUT2D eigenvalue weighted by molar-refractivity contribution is -0.122. The Morgan fingerprint density at radius 1 is 1.38 bits per heavy atom. The highest BCUT2D eigenvalue weighted by atomic mass is 32.1. The van der Waals surface area contributed by atoms with Crippen molar-refractivity contribution >= 4 is 27.5 Å². The zero-order valence-electron chi connectivity index (χ0n) is 13.6. The van der Waals surface area contributed by atoms with E-state index < -0.39 is 0 Å². The van der Waals surface area contributed by atoms with E-state index in [4.69, 9.17) is 0 Å². The molecule has 7 heteroatoms. The van der Waals surface area contributed by atoms with Gasteiger partial charge in [0.1, 0.15) is 4.83 Å². The summed E-state index contributed by atoms with van der Waals surface area (Å²) < 4.78 is 1.49. The van der Waals surface area contributed by atoms with Gasteiger partial charge in [-0.25, -0.2) is 4.98 Å². The first-order valence-electron chi connectivity index (χ1n) is 8.52. The maximum atomic E-state index is 12.3. The van der Waals surface area contributed by atoms with Crippen molar-refractivity contribution in [2.75, 3.05) is 6.61 Å². The zero-order valence-corrected chi connectivity index (χ0v) is 14.4. The number of thiophene rings is 1. The number of hydrogen-bond donors (Lipinski definition) is 2. The molecule has 24 heavy (non-hydrogen) atoms. The molecule has 0 aliphatic heterocycles. The number of fused-ring (bicyclic) bond motifs is 1. The Kier molecular flexibility index (Phi) is 5.63. The van der Waals surface area contributed by atoms with Crippen LogP contribution in [0.5, 0.6) is 0 Å². The smallest absolute Gasteiger partial charge is 0.262 e. The molecule has 2 aromatic rings. The number of carbonyl (C=O) groups excluding carboxylic acids is 1. The third-order valence-electron chi connectivity index (χ3n) is 4.77. The molecule has 1 aliphatic rings. The van der Waals surface area contributed by atoms with Gasteiger partial charge in [0.15, 0.2) is 0 Å². The second-order valence-corrected chi connectivity index (χ2v) is 7.28. The van der Waals surface area contributed by atoms with Crippen LogP contribution in [-0.2, 0) is 11.3 Å². The molecule has 0 aromatic carbocycles. The Hall–Kier alpha value is -1.73. The van der Waals surface area contributed by atoms with E-state index >= 15 is 0 Å². The van der Waals surface area contributed by atoms with E-state index in [1.165, 1.54) is 22.2 Å². The number of rotatable bonds is 5. The van der Waals surface area contributed by atoms with Gasteiger partial charge in [-0.3, -0.25) is 14.2 Å². The lowest BCUT2D eigenvalue weighted by Crippen LogP contribution is -2.41. The summed E-state index contributed by atoms with van der Waals surface area (Å²) in [5.41, 5.74) is -0.100. The summed E-state index contributed by atoms with van der Waals surface area (Å²) in [6.45, 7) is 0.434. The molecule has 1 saturated carbocycles. The fraction of sp³-hybridized carbons (Fsp3) is 0.588. The van der Waals surface area contributed by atoms with Crippen LogP contribution in [-0.4, -0.2) is 33.2 Å². The number of carbonyl (C=O) groups is 1. The van der Waals surface area contributed by atoms with E-state index in [2.05, 4.69) is 10.3 Å². The summed E-state index contributed by atoms with van der Waals surface area (Å²) >= 11 is 1.44. The molecule has 2 N–H and O–H groups in total. The van der Waals surface area contributed by atoms with Gasteiger partial charge in [0.25, 0.3) is 5.56 Å². The molecule has 6 nitrogen and oxygen atoms in total. The highest BCUT2D eigenvalue weighted by Crippen LogP contribution is 2.23. The quantitative estimate of drug-likeness (QED) is 0.808. The standard InChI is InChI=1S/C17H23N3O3S/c21-10-12-4-2-1-3-5-14(12)19-15(22)6-8-20-11-18-16-13(17(20)23)7-9-24-16/h7,9,11-12,14,21H,1-6,8,10H2,(H,19,22). The van der Waals surface area contributed by atoms with Gasteiger partial charge < -0.3 is 10.4 Å². The van der Waals surface area contributed by atoms with Gasteiger partial charge in [-0.15, -0.1) is 11.3 Å². The number of aliphatic hydroxyl groups excluding tert-OH is 1. The Balaban J connectivity index is 1.60. The van der Waals surface area contributed by atoms with Crippen molar-refractivity contribution in [2.45, 2.75) is 51.1 Å². The Bertz CT molecular complexity index is 755. The minimum atomic E-state index is -0.100. The molecule has 2 atom stereocenters. The minimum absolute atomic E-state index is 0.0409. The zero-order chi connectivity index (χ0) is 16.9. The summed E-state index contributed by atoms with van der Waals surface area (Å²) in [6.07, 6.45) is 6.98. The largest absolute Gasteiger partial charge is 0.396 e. The lowest BCUT2D eigenvalue weighted by Gasteiger charge is -2.24. The summed E-state index contributed by atoms with van der Waals surface area (Å²) in [6, 6.07) is 1.81. The summed E-state index contributed by atoms with van der Waals surface area (Å²) in [4.78, 5) is 29.5. The van der Waals surface area contributed by atoms with E-state index in [0.29, 0.717) is 11.9 Å². The summed E-state index contributed by atoms with van der Waals surface area (Å²) in [5.74, 6) is 0.0701. The number of aryl methyl sites for hydroxylation is 1. The van der Waals surface area contributed by atoms with E-state index in [-0.39, 0.29) is 36.5 Å². The van der Waals surface area contributed by atoms with Crippen LogP contribution >= 0.6 is 11.3 Å². The van der Waals surface area contributed by atoms with Crippen molar-refractivity contribution in [1.82, 2.24) is 14.9 Å². The van der Waals surface area contributed by atoms with Crippen LogP contribution in [0.25, 0.3) is 10.2 Å². The van der Waals surface area contributed by atoms with Gasteiger partial charge in [-0.1, -0.05) is 19.3 Å². The van der Waals surface area contributed by atoms with Crippen LogP contribution in [0.3, 0.4) is 0 Å². The molecule has 1 aliphatic carbocycles. The molecule has 2 aromatic heterocycles. The number of hydrogen-bond acceptors (Lipinski definition) is 5. The molecule has 0 radical (unpaired) electrons. The first kappa shape index (κ1) is 17.1. The molecule has 3 rings (SSSR count). The monoisotopic (exact) mass is 349 g/mol. The molecule has 1 amide bonds. The minimum Gasteiger partial charge on any atom is -0.396 e. The van der Waals surface area contributed by atoms with E-state index in [9.17, 15) is 14.7 Å². The average Bonchev–Trinajstić information content (AvgIpc) is 2.95. The SMILES string of the molecule is O=C(CCn1cnc2sccc2c1=O)NC1CCCCCC1CO. The molecule has 0 bridgehead atoms. The van der Waals surface area contributed by atoms with Gasteiger partial charge in [0, 0.05) is 31.5 Å². The fourth-order valence-corrected chi connectivity index (χ4v) is 4.07. The number of aromatic nitrogens is 2. The second kappa shape index (κ2) is 7.90. The maximum absolute atomic E-state index is 12.3. The normalized spacial score (nSPS) is 21.5.